The summed E-state index contributed by atoms with van der Waals surface area (Å²) < 4.78 is 5.54. The Balaban J connectivity index is 2.03. The molecule has 0 fully saturated rings. The van der Waals surface area contributed by atoms with Gasteiger partial charge < -0.3 is 10.1 Å². The third-order valence-corrected chi connectivity index (χ3v) is 2.67. The Kier molecular flexibility index (Phi) is 4.65. The van der Waals surface area contributed by atoms with Crippen molar-refractivity contribution in [2.45, 2.75) is 20.5 Å². The smallest absolute Gasteiger partial charge is 0.269 e. The molecule has 110 valence electrons. The lowest BCUT2D eigenvalue weighted by molar-refractivity contribution is -0.384. The number of non-ortho nitro benzene ring substituents is 1. The number of nitro groups is 1. The Morgan fingerprint density at radius 2 is 2.00 bits per heavy atom. The molecule has 0 atom stereocenters. The summed E-state index contributed by atoms with van der Waals surface area (Å²) in [6, 6.07) is 7.77. The Hall–Kier alpha value is -2.70. The topological polar surface area (TPSA) is 90.2 Å². The standard InChI is InChI=1S/C14H16N4O3/c1-3-15-13-8-10(2)16-14(17-13)9-21-12-6-4-11(5-7-12)18(19)20/h4-8H,3,9H2,1-2H3,(H,15,16,17). The Morgan fingerprint density at radius 1 is 1.29 bits per heavy atom. The maximum absolute atomic E-state index is 10.6. The predicted molar refractivity (Wildman–Crippen MR) is 78.4 cm³/mol. The van der Waals surface area contributed by atoms with Crippen molar-refractivity contribution in [2.24, 2.45) is 0 Å². The minimum Gasteiger partial charge on any atom is -0.486 e. The van der Waals surface area contributed by atoms with E-state index in [4.69, 9.17) is 4.74 Å². The van der Waals surface area contributed by atoms with Crippen LogP contribution in [0.15, 0.2) is 30.3 Å². The SMILES string of the molecule is CCNc1cc(C)nc(COc2ccc([N+](=O)[O-])cc2)n1. The normalized spacial score (nSPS) is 10.2. The first kappa shape index (κ1) is 14.7. The van der Waals surface area contributed by atoms with E-state index >= 15 is 0 Å². The van der Waals surface area contributed by atoms with E-state index in [2.05, 4.69) is 15.3 Å². The maximum Gasteiger partial charge on any atom is 0.269 e. The number of benzene rings is 1. The van der Waals surface area contributed by atoms with E-state index in [-0.39, 0.29) is 12.3 Å². The first-order valence-electron chi connectivity index (χ1n) is 6.54. The Bertz CT molecular complexity index is 629. The van der Waals surface area contributed by atoms with Gasteiger partial charge in [0.25, 0.3) is 5.69 Å². The molecular weight excluding hydrogens is 272 g/mol. The molecule has 7 nitrogen and oxygen atoms in total. The van der Waals surface area contributed by atoms with Crippen LogP contribution in [0.25, 0.3) is 0 Å². The quantitative estimate of drug-likeness (QED) is 0.649. The number of aromatic nitrogens is 2. The summed E-state index contributed by atoms with van der Waals surface area (Å²) in [7, 11) is 0. The highest BCUT2D eigenvalue weighted by atomic mass is 16.6. The molecule has 0 aliphatic rings. The van der Waals surface area contributed by atoms with Crippen molar-refractivity contribution in [3.8, 4) is 5.75 Å². The summed E-state index contributed by atoms with van der Waals surface area (Å²) in [6.45, 7) is 4.86. The molecule has 0 unspecified atom stereocenters. The molecule has 21 heavy (non-hydrogen) atoms. The molecule has 0 bridgehead atoms. The largest absolute Gasteiger partial charge is 0.486 e. The molecule has 7 heteroatoms. The number of anilines is 1. The van der Waals surface area contributed by atoms with Gasteiger partial charge in [-0.1, -0.05) is 0 Å². The molecule has 0 spiro atoms. The van der Waals surface area contributed by atoms with E-state index in [9.17, 15) is 10.1 Å². The summed E-state index contributed by atoms with van der Waals surface area (Å²) in [5.74, 6) is 1.85. The highest BCUT2D eigenvalue weighted by Gasteiger charge is 2.06. The predicted octanol–water partition coefficient (Wildman–Crippen LogP) is 2.70. The van der Waals surface area contributed by atoms with Crippen LogP contribution >= 0.6 is 0 Å². The summed E-state index contributed by atoms with van der Waals surface area (Å²) in [5, 5.41) is 13.7. The van der Waals surface area contributed by atoms with Gasteiger partial charge in [-0.3, -0.25) is 10.1 Å². The molecule has 0 aliphatic carbocycles. The minimum absolute atomic E-state index is 0.0311. The van der Waals surface area contributed by atoms with Gasteiger partial charge >= 0.3 is 0 Å². The molecular formula is C14H16N4O3. The van der Waals surface area contributed by atoms with E-state index in [0.717, 1.165) is 18.1 Å². The lowest BCUT2D eigenvalue weighted by atomic mass is 10.3. The van der Waals surface area contributed by atoms with Crippen molar-refractivity contribution in [2.75, 3.05) is 11.9 Å². The van der Waals surface area contributed by atoms with Crippen LogP contribution < -0.4 is 10.1 Å². The van der Waals surface area contributed by atoms with Crippen LogP contribution in [0.2, 0.25) is 0 Å². The van der Waals surface area contributed by atoms with Gasteiger partial charge in [-0.25, -0.2) is 9.97 Å². The summed E-state index contributed by atoms with van der Waals surface area (Å²) in [6.07, 6.45) is 0. The zero-order valence-corrected chi connectivity index (χ0v) is 11.9. The summed E-state index contributed by atoms with van der Waals surface area (Å²) >= 11 is 0. The third kappa shape index (κ3) is 4.13. The second kappa shape index (κ2) is 6.65. The van der Waals surface area contributed by atoms with Crippen LogP contribution in [-0.4, -0.2) is 21.4 Å². The number of aryl methyl sites for hydroxylation is 1. The molecule has 1 aromatic heterocycles. The average Bonchev–Trinajstić information content (AvgIpc) is 2.45. The van der Waals surface area contributed by atoms with Crippen LogP contribution in [0, 0.1) is 17.0 Å². The third-order valence-electron chi connectivity index (χ3n) is 2.67. The highest BCUT2D eigenvalue weighted by molar-refractivity contribution is 5.37. The fraction of sp³-hybridized carbons (Fsp3) is 0.286. The molecule has 0 aliphatic heterocycles. The fourth-order valence-electron chi connectivity index (χ4n) is 1.78. The van der Waals surface area contributed by atoms with Crippen molar-refractivity contribution in [3.63, 3.8) is 0 Å². The zero-order chi connectivity index (χ0) is 15.2. The monoisotopic (exact) mass is 288 g/mol. The van der Waals surface area contributed by atoms with Gasteiger partial charge in [-0.2, -0.15) is 0 Å². The van der Waals surface area contributed by atoms with Crippen LogP contribution in [0.5, 0.6) is 5.75 Å². The van der Waals surface area contributed by atoms with Crippen LogP contribution in [0.4, 0.5) is 11.5 Å². The number of rotatable bonds is 6. The van der Waals surface area contributed by atoms with Crippen molar-refractivity contribution < 1.29 is 9.66 Å². The second-order valence-electron chi connectivity index (χ2n) is 4.38. The van der Waals surface area contributed by atoms with Gasteiger partial charge in [0.15, 0.2) is 5.82 Å². The van der Waals surface area contributed by atoms with Crippen molar-refractivity contribution >= 4 is 11.5 Å². The molecule has 1 heterocycles. The van der Waals surface area contributed by atoms with Gasteiger partial charge in [0.2, 0.25) is 0 Å². The molecule has 1 N–H and O–H groups in total. The van der Waals surface area contributed by atoms with Crippen molar-refractivity contribution in [1.82, 2.24) is 9.97 Å². The Labute approximate surface area is 122 Å². The number of hydrogen-bond acceptors (Lipinski definition) is 6. The highest BCUT2D eigenvalue weighted by Crippen LogP contribution is 2.18. The van der Waals surface area contributed by atoms with Crippen LogP contribution in [0.3, 0.4) is 0 Å². The Morgan fingerprint density at radius 3 is 2.62 bits per heavy atom. The number of nitrogens with one attached hydrogen (secondary N) is 1. The van der Waals surface area contributed by atoms with E-state index in [0.29, 0.717) is 11.6 Å². The molecule has 2 aromatic rings. The number of nitro benzene ring substituents is 1. The van der Waals surface area contributed by atoms with E-state index in [1.54, 1.807) is 12.1 Å². The van der Waals surface area contributed by atoms with E-state index in [1.807, 2.05) is 19.9 Å². The number of ether oxygens (including phenoxy) is 1. The first-order chi connectivity index (χ1) is 10.1. The molecule has 0 saturated heterocycles. The van der Waals surface area contributed by atoms with E-state index in [1.165, 1.54) is 12.1 Å². The van der Waals surface area contributed by atoms with Gasteiger partial charge in [0.1, 0.15) is 18.2 Å². The number of hydrogen-bond donors (Lipinski definition) is 1. The van der Waals surface area contributed by atoms with Gasteiger partial charge in [-0.15, -0.1) is 0 Å². The minimum atomic E-state index is -0.448. The van der Waals surface area contributed by atoms with Crippen molar-refractivity contribution in [1.29, 1.82) is 0 Å². The first-order valence-corrected chi connectivity index (χ1v) is 6.54. The lowest BCUT2D eigenvalue weighted by Crippen LogP contribution is -2.07. The molecule has 0 amide bonds. The fourth-order valence-corrected chi connectivity index (χ4v) is 1.78. The molecule has 1 aromatic carbocycles. The van der Waals surface area contributed by atoms with Gasteiger partial charge in [-0.05, 0) is 26.0 Å². The summed E-state index contributed by atoms with van der Waals surface area (Å²) in [5.41, 5.74) is 0.881. The summed E-state index contributed by atoms with van der Waals surface area (Å²) in [4.78, 5) is 18.7. The average molecular weight is 288 g/mol. The molecule has 0 saturated carbocycles. The second-order valence-corrected chi connectivity index (χ2v) is 4.38. The van der Waals surface area contributed by atoms with Crippen molar-refractivity contribution in [3.05, 3.63) is 52.0 Å². The van der Waals surface area contributed by atoms with Gasteiger partial charge in [0, 0.05) is 30.4 Å². The van der Waals surface area contributed by atoms with Crippen LogP contribution in [-0.2, 0) is 6.61 Å². The van der Waals surface area contributed by atoms with Gasteiger partial charge in [0.05, 0.1) is 4.92 Å². The molecule has 0 radical (unpaired) electrons. The van der Waals surface area contributed by atoms with Crippen LogP contribution in [0.1, 0.15) is 18.4 Å². The zero-order valence-electron chi connectivity index (χ0n) is 11.9. The number of nitrogens with zero attached hydrogens (tertiary/aromatic N) is 3. The lowest BCUT2D eigenvalue weighted by Gasteiger charge is -2.08. The van der Waals surface area contributed by atoms with E-state index < -0.39 is 4.92 Å². The maximum atomic E-state index is 10.6. The molecule has 2 rings (SSSR count).